The van der Waals surface area contributed by atoms with Crippen molar-refractivity contribution in [2.45, 2.75) is 32.7 Å². The molecule has 4 nitrogen and oxygen atoms in total. The first kappa shape index (κ1) is 11.1. The SMILES string of the molecule is CC1CN(Cn2cc(Br)cn2)C(C)CO1. The third-order valence-electron chi connectivity index (χ3n) is 2.67. The van der Waals surface area contributed by atoms with Crippen molar-refractivity contribution in [3.63, 3.8) is 0 Å². The minimum Gasteiger partial charge on any atom is -0.376 e. The smallest absolute Gasteiger partial charge is 0.0933 e. The van der Waals surface area contributed by atoms with E-state index in [4.69, 9.17) is 4.74 Å². The maximum Gasteiger partial charge on any atom is 0.0933 e. The molecule has 0 spiro atoms. The molecule has 0 N–H and O–H groups in total. The molecule has 1 aromatic heterocycles. The molecule has 5 heteroatoms. The number of hydrogen-bond acceptors (Lipinski definition) is 3. The minimum absolute atomic E-state index is 0.320. The molecule has 2 heterocycles. The molecule has 1 aliphatic heterocycles. The van der Waals surface area contributed by atoms with Crippen molar-refractivity contribution in [3.05, 3.63) is 16.9 Å². The second kappa shape index (κ2) is 4.63. The van der Waals surface area contributed by atoms with Gasteiger partial charge in [0.1, 0.15) is 0 Å². The van der Waals surface area contributed by atoms with Gasteiger partial charge in [0.05, 0.1) is 30.0 Å². The third-order valence-corrected chi connectivity index (χ3v) is 3.07. The molecule has 1 saturated heterocycles. The van der Waals surface area contributed by atoms with Crippen LogP contribution < -0.4 is 0 Å². The van der Waals surface area contributed by atoms with E-state index in [1.54, 1.807) is 0 Å². The Labute approximate surface area is 98.3 Å². The van der Waals surface area contributed by atoms with E-state index in [9.17, 15) is 0 Å². The van der Waals surface area contributed by atoms with Crippen LogP contribution in [0.3, 0.4) is 0 Å². The maximum absolute atomic E-state index is 5.58. The normalized spacial score (nSPS) is 28.2. The van der Waals surface area contributed by atoms with E-state index < -0.39 is 0 Å². The number of rotatable bonds is 2. The number of hydrogen-bond donors (Lipinski definition) is 0. The van der Waals surface area contributed by atoms with Gasteiger partial charge in [0.15, 0.2) is 0 Å². The number of morpholine rings is 1. The van der Waals surface area contributed by atoms with Gasteiger partial charge in [-0.15, -0.1) is 0 Å². The van der Waals surface area contributed by atoms with Crippen molar-refractivity contribution >= 4 is 15.9 Å². The second-order valence-electron chi connectivity index (χ2n) is 4.10. The highest BCUT2D eigenvalue weighted by Gasteiger charge is 2.23. The van der Waals surface area contributed by atoms with Crippen molar-refractivity contribution in [2.75, 3.05) is 13.2 Å². The van der Waals surface area contributed by atoms with Crippen LogP contribution in [0.2, 0.25) is 0 Å². The summed E-state index contributed by atoms with van der Waals surface area (Å²) in [5.74, 6) is 0. The largest absolute Gasteiger partial charge is 0.376 e. The summed E-state index contributed by atoms with van der Waals surface area (Å²) < 4.78 is 8.55. The van der Waals surface area contributed by atoms with Gasteiger partial charge >= 0.3 is 0 Å². The van der Waals surface area contributed by atoms with Crippen LogP contribution in [0.1, 0.15) is 13.8 Å². The van der Waals surface area contributed by atoms with Crippen LogP contribution in [0, 0.1) is 0 Å². The van der Waals surface area contributed by atoms with E-state index in [2.05, 4.69) is 39.8 Å². The lowest BCUT2D eigenvalue weighted by atomic mass is 10.2. The van der Waals surface area contributed by atoms with E-state index in [-0.39, 0.29) is 0 Å². The average Bonchev–Trinajstić information content (AvgIpc) is 2.58. The minimum atomic E-state index is 0.320. The summed E-state index contributed by atoms with van der Waals surface area (Å²) in [7, 11) is 0. The van der Waals surface area contributed by atoms with Gasteiger partial charge in [-0.05, 0) is 29.8 Å². The Morgan fingerprint density at radius 1 is 1.60 bits per heavy atom. The van der Waals surface area contributed by atoms with Gasteiger partial charge in [0.2, 0.25) is 0 Å². The average molecular weight is 274 g/mol. The van der Waals surface area contributed by atoms with Crippen molar-refractivity contribution in [1.82, 2.24) is 14.7 Å². The molecule has 84 valence electrons. The fraction of sp³-hybridized carbons (Fsp3) is 0.700. The highest BCUT2D eigenvalue weighted by molar-refractivity contribution is 9.10. The van der Waals surface area contributed by atoms with Crippen LogP contribution in [0.4, 0.5) is 0 Å². The lowest BCUT2D eigenvalue weighted by Gasteiger charge is -2.36. The van der Waals surface area contributed by atoms with E-state index >= 15 is 0 Å². The highest BCUT2D eigenvalue weighted by atomic mass is 79.9. The van der Waals surface area contributed by atoms with E-state index in [0.717, 1.165) is 24.3 Å². The molecule has 15 heavy (non-hydrogen) atoms. The van der Waals surface area contributed by atoms with Gasteiger partial charge < -0.3 is 4.74 Å². The summed E-state index contributed by atoms with van der Waals surface area (Å²) in [5, 5.41) is 4.26. The highest BCUT2D eigenvalue weighted by Crippen LogP contribution is 2.13. The molecular weight excluding hydrogens is 258 g/mol. The molecule has 0 aliphatic carbocycles. The molecule has 0 bridgehead atoms. The summed E-state index contributed by atoms with van der Waals surface area (Å²) in [6.45, 7) is 6.91. The Morgan fingerprint density at radius 2 is 2.40 bits per heavy atom. The van der Waals surface area contributed by atoms with Gasteiger partial charge in [0.25, 0.3) is 0 Å². The Balaban J connectivity index is 1.98. The predicted octanol–water partition coefficient (Wildman–Crippen LogP) is 1.71. The molecule has 1 fully saturated rings. The first-order valence-electron chi connectivity index (χ1n) is 5.19. The quantitative estimate of drug-likeness (QED) is 0.822. The van der Waals surface area contributed by atoms with Crippen LogP contribution in [0.25, 0.3) is 0 Å². The molecule has 2 rings (SSSR count). The fourth-order valence-corrected chi connectivity index (χ4v) is 2.10. The van der Waals surface area contributed by atoms with Crippen molar-refractivity contribution in [2.24, 2.45) is 0 Å². The Kier molecular flexibility index (Phi) is 3.43. The summed E-state index contributed by atoms with van der Waals surface area (Å²) in [5.41, 5.74) is 0. The number of aromatic nitrogens is 2. The summed E-state index contributed by atoms with van der Waals surface area (Å²) >= 11 is 3.40. The molecule has 2 atom stereocenters. The first-order valence-corrected chi connectivity index (χ1v) is 5.98. The fourth-order valence-electron chi connectivity index (χ4n) is 1.77. The standard InChI is InChI=1S/C10H16BrN3O/c1-8-6-15-9(2)4-13(8)7-14-5-10(11)3-12-14/h3,5,8-9H,4,6-7H2,1-2H3. The Bertz CT molecular complexity index is 328. The van der Waals surface area contributed by atoms with Crippen LogP contribution in [0.5, 0.6) is 0 Å². The van der Waals surface area contributed by atoms with Crippen LogP contribution in [-0.2, 0) is 11.4 Å². The predicted molar refractivity (Wildman–Crippen MR) is 61.5 cm³/mol. The topological polar surface area (TPSA) is 30.3 Å². The molecular formula is C10H16BrN3O. The van der Waals surface area contributed by atoms with E-state index in [0.29, 0.717) is 12.1 Å². The van der Waals surface area contributed by atoms with Crippen molar-refractivity contribution in [3.8, 4) is 0 Å². The third kappa shape index (κ3) is 2.80. The Hall–Kier alpha value is -0.390. The molecule has 0 amide bonds. The summed E-state index contributed by atoms with van der Waals surface area (Å²) in [4.78, 5) is 2.38. The molecule has 0 radical (unpaired) electrons. The zero-order valence-electron chi connectivity index (χ0n) is 9.06. The lowest BCUT2D eigenvalue weighted by Crippen LogP contribution is -2.47. The van der Waals surface area contributed by atoms with Crippen LogP contribution in [-0.4, -0.2) is 40.0 Å². The summed E-state index contributed by atoms with van der Waals surface area (Å²) in [6.07, 6.45) is 4.13. The van der Waals surface area contributed by atoms with Gasteiger partial charge in [0, 0.05) is 18.8 Å². The molecule has 1 aliphatic rings. The van der Waals surface area contributed by atoms with Crippen LogP contribution >= 0.6 is 15.9 Å². The summed E-state index contributed by atoms with van der Waals surface area (Å²) in [6, 6.07) is 0.462. The van der Waals surface area contributed by atoms with Crippen molar-refractivity contribution < 1.29 is 4.74 Å². The maximum atomic E-state index is 5.58. The van der Waals surface area contributed by atoms with E-state index in [1.165, 1.54) is 0 Å². The molecule has 0 aromatic carbocycles. The number of halogens is 1. The first-order chi connectivity index (χ1) is 7.15. The molecule has 0 saturated carbocycles. The monoisotopic (exact) mass is 273 g/mol. The van der Waals surface area contributed by atoms with Gasteiger partial charge in [-0.3, -0.25) is 9.58 Å². The van der Waals surface area contributed by atoms with Gasteiger partial charge in [-0.25, -0.2) is 0 Å². The second-order valence-corrected chi connectivity index (χ2v) is 5.02. The van der Waals surface area contributed by atoms with Gasteiger partial charge in [-0.1, -0.05) is 0 Å². The molecule has 1 aromatic rings. The number of ether oxygens (including phenoxy) is 1. The number of nitrogens with zero attached hydrogens (tertiary/aromatic N) is 3. The zero-order chi connectivity index (χ0) is 10.8. The zero-order valence-corrected chi connectivity index (χ0v) is 10.6. The van der Waals surface area contributed by atoms with E-state index in [1.807, 2.05) is 17.1 Å². The van der Waals surface area contributed by atoms with Gasteiger partial charge in [-0.2, -0.15) is 5.10 Å². The van der Waals surface area contributed by atoms with Crippen molar-refractivity contribution in [1.29, 1.82) is 0 Å². The Morgan fingerprint density at radius 3 is 3.07 bits per heavy atom. The molecule has 2 unspecified atom stereocenters. The lowest BCUT2D eigenvalue weighted by molar-refractivity contribution is -0.0622. The van der Waals surface area contributed by atoms with Crippen LogP contribution in [0.15, 0.2) is 16.9 Å².